The average molecular weight is 423 g/mol. The zero-order chi connectivity index (χ0) is 22.0. The van der Waals surface area contributed by atoms with Crippen molar-refractivity contribution in [2.45, 2.75) is 43.6 Å². The van der Waals surface area contributed by atoms with E-state index in [0.29, 0.717) is 0 Å². The number of thiol groups is 1. The highest BCUT2D eigenvalue weighted by Crippen LogP contribution is 2.00. The number of nitrogens with two attached hydrogens (primary N) is 2. The van der Waals surface area contributed by atoms with E-state index in [4.69, 9.17) is 21.7 Å². The van der Waals surface area contributed by atoms with Gasteiger partial charge in [-0.2, -0.15) is 12.6 Å². The normalized spacial score (nSPS) is 16.0. The molecule has 0 rings (SSSR count). The average Bonchev–Trinajstić information content (AvgIpc) is 2.61. The number of aliphatic hydroxyl groups is 2. The number of rotatable bonds is 12. The summed E-state index contributed by atoms with van der Waals surface area (Å²) in [6.07, 6.45) is -2.14. The summed E-state index contributed by atoms with van der Waals surface area (Å²) in [6, 6.07) is -5.83. The molecule has 5 unspecified atom stereocenters. The largest absolute Gasteiger partial charge is 0.480 e. The van der Waals surface area contributed by atoms with Gasteiger partial charge in [-0.25, -0.2) is 4.79 Å². The van der Waals surface area contributed by atoms with Gasteiger partial charge in [-0.15, -0.1) is 0 Å². The van der Waals surface area contributed by atoms with Crippen LogP contribution in [0.4, 0.5) is 0 Å². The summed E-state index contributed by atoms with van der Waals surface area (Å²) in [5, 5.41) is 33.6. The van der Waals surface area contributed by atoms with Gasteiger partial charge in [0, 0.05) is 5.75 Å². The fraction of sp³-hybridized carbons (Fsp3) is 0.643. The van der Waals surface area contributed by atoms with Gasteiger partial charge in [-0.05, 0) is 6.92 Å². The Morgan fingerprint density at radius 1 is 1.00 bits per heavy atom. The molecule has 0 aliphatic heterocycles. The first kappa shape index (κ1) is 25.6. The molecular weight excluding hydrogens is 398 g/mol. The first-order valence-electron chi connectivity index (χ1n) is 8.02. The van der Waals surface area contributed by atoms with Crippen molar-refractivity contribution < 1.29 is 39.3 Å². The summed E-state index contributed by atoms with van der Waals surface area (Å²) in [5.74, 6) is -5.60. The Morgan fingerprint density at radius 3 is 1.89 bits per heavy atom. The van der Waals surface area contributed by atoms with E-state index in [1.54, 1.807) is 0 Å². The van der Waals surface area contributed by atoms with Crippen LogP contribution >= 0.6 is 12.6 Å². The van der Waals surface area contributed by atoms with Crippen molar-refractivity contribution in [2.24, 2.45) is 11.5 Å². The van der Waals surface area contributed by atoms with Crippen LogP contribution in [0.25, 0.3) is 0 Å². The molecule has 0 saturated carbocycles. The van der Waals surface area contributed by atoms with Crippen molar-refractivity contribution in [1.29, 1.82) is 0 Å². The summed E-state index contributed by atoms with van der Waals surface area (Å²) in [5.41, 5.74) is 10.4. The van der Waals surface area contributed by atoms with E-state index in [2.05, 4.69) is 23.3 Å². The topological polar surface area (TPSA) is 234 Å². The second-order valence-electron chi connectivity index (χ2n) is 5.83. The highest BCUT2D eigenvalue weighted by Gasteiger charge is 2.32. The van der Waals surface area contributed by atoms with Crippen molar-refractivity contribution in [3.05, 3.63) is 0 Å². The van der Waals surface area contributed by atoms with Gasteiger partial charge in [-0.3, -0.25) is 19.2 Å². The molecule has 0 aromatic carbocycles. The SMILES string of the molecule is CC(O)C(NC(=O)C(CC(N)=O)NC(=O)C(CS)NC(=O)C(N)CO)C(=O)O. The number of carboxylic acid groups (broad SMARTS) is 1. The molecular formula is C14H25N5O8S. The molecule has 0 heterocycles. The number of amides is 4. The van der Waals surface area contributed by atoms with Crippen LogP contribution in [0, 0.1) is 0 Å². The lowest BCUT2D eigenvalue weighted by atomic mass is 10.1. The van der Waals surface area contributed by atoms with Crippen molar-refractivity contribution in [3.8, 4) is 0 Å². The minimum Gasteiger partial charge on any atom is -0.480 e. The van der Waals surface area contributed by atoms with Gasteiger partial charge in [0.2, 0.25) is 23.6 Å². The summed E-state index contributed by atoms with van der Waals surface area (Å²) in [7, 11) is 0. The second kappa shape index (κ2) is 12.1. The molecule has 0 aliphatic carbocycles. The van der Waals surface area contributed by atoms with Crippen LogP contribution in [0.1, 0.15) is 13.3 Å². The molecule has 13 nitrogen and oxygen atoms in total. The van der Waals surface area contributed by atoms with Gasteiger partial charge in [-0.1, -0.05) is 0 Å². The van der Waals surface area contributed by atoms with E-state index in [9.17, 15) is 29.1 Å². The number of primary amides is 1. The first-order chi connectivity index (χ1) is 12.9. The molecule has 0 aliphatic rings. The van der Waals surface area contributed by atoms with Crippen LogP contribution in [0.2, 0.25) is 0 Å². The fourth-order valence-electron chi connectivity index (χ4n) is 1.88. The maximum Gasteiger partial charge on any atom is 0.328 e. The predicted octanol–water partition coefficient (Wildman–Crippen LogP) is -4.97. The van der Waals surface area contributed by atoms with Gasteiger partial charge in [0.05, 0.1) is 19.1 Å². The van der Waals surface area contributed by atoms with E-state index in [1.807, 2.05) is 5.32 Å². The molecule has 0 radical (unpaired) electrons. The van der Waals surface area contributed by atoms with Crippen LogP contribution < -0.4 is 27.4 Å². The Labute approximate surface area is 165 Å². The third-order valence-electron chi connectivity index (χ3n) is 3.43. The Hall–Kier alpha value is -2.42. The Kier molecular flexibility index (Phi) is 11.1. The molecule has 28 heavy (non-hydrogen) atoms. The maximum atomic E-state index is 12.3. The van der Waals surface area contributed by atoms with E-state index in [-0.39, 0.29) is 5.75 Å². The van der Waals surface area contributed by atoms with E-state index in [1.165, 1.54) is 0 Å². The number of aliphatic hydroxyl groups excluding tert-OH is 2. The quantitative estimate of drug-likeness (QED) is 0.136. The van der Waals surface area contributed by atoms with Crippen LogP contribution in [-0.4, -0.2) is 87.5 Å². The zero-order valence-electron chi connectivity index (χ0n) is 15.0. The number of carbonyl (C=O) groups is 5. The van der Waals surface area contributed by atoms with E-state index in [0.717, 1.165) is 6.92 Å². The summed E-state index contributed by atoms with van der Waals surface area (Å²) >= 11 is 3.90. The molecule has 0 spiro atoms. The van der Waals surface area contributed by atoms with Gasteiger partial charge in [0.25, 0.3) is 0 Å². The second-order valence-corrected chi connectivity index (χ2v) is 6.19. The standard InChI is InChI=1S/C14H25N5O8S/c1-5(21)10(14(26)27)19-12(24)7(2-9(16)22)17-13(25)8(4-28)18-11(23)6(15)3-20/h5-8,10,20-21,28H,2-4,15H2,1H3,(H2,16,22)(H,17,25)(H,18,23)(H,19,24)(H,26,27). The van der Waals surface area contributed by atoms with Crippen LogP contribution in [0.15, 0.2) is 0 Å². The van der Waals surface area contributed by atoms with Crippen molar-refractivity contribution in [3.63, 3.8) is 0 Å². The molecule has 0 aromatic heterocycles. The highest BCUT2D eigenvalue weighted by atomic mass is 32.1. The number of nitrogens with one attached hydrogen (secondary N) is 3. The highest BCUT2D eigenvalue weighted by molar-refractivity contribution is 7.80. The Balaban J connectivity index is 5.26. The third kappa shape index (κ3) is 8.51. The number of aliphatic carboxylic acids is 1. The lowest BCUT2D eigenvalue weighted by Gasteiger charge is -2.24. The lowest BCUT2D eigenvalue weighted by Crippen LogP contribution is -2.59. The van der Waals surface area contributed by atoms with Crippen LogP contribution in [0.5, 0.6) is 0 Å². The molecule has 0 fully saturated rings. The smallest absolute Gasteiger partial charge is 0.328 e. The molecule has 160 valence electrons. The van der Waals surface area contributed by atoms with E-state index < -0.39 is 72.9 Å². The molecule has 0 saturated heterocycles. The molecule has 14 heteroatoms. The minimum absolute atomic E-state index is 0.216. The Morgan fingerprint density at radius 2 is 1.50 bits per heavy atom. The molecule has 10 N–H and O–H groups in total. The van der Waals surface area contributed by atoms with Crippen LogP contribution in [0.3, 0.4) is 0 Å². The number of carboxylic acids is 1. The fourth-order valence-corrected chi connectivity index (χ4v) is 2.14. The molecule has 0 bridgehead atoms. The molecule has 4 amide bonds. The minimum atomic E-state index is -1.69. The predicted molar refractivity (Wildman–Crippen MR) is 97.8 cm³/mol. The van der Waals surface area contributed by atoms with Gasteiger partial charge >= 0.3 is 5.97 Å². The van der Waals surface area contributed by atoms with Gasteiger partial charge in [0.15, 0.2) is 6.04 Å². The number of carbonyl (C=O) groups excluding carboxylic acids is 4. The number of hydrogen-bond acceptors (Lipinski definition) is 9. The number of hydrogen-bond donors (Lipinski definition) is 9. The summed E-state index contributed by atoms with van der Waals surface area (Å²) < 4.78 is 0. The van der Waals surface area contributed by atoms with Crippen molar-refractivity contribution in [1.82, 2.24) is 16.0 Å². The first-order valence-corrected chi connectivity index (χ1v) is 8.65. The van der Waals surface area contributed by atoms with Gasteiger partial charge < -0.3 is 42.7 Å². The monoisotopic (exact) mass is 423 g/mol. The van der Waals surface area contributed by atoms with Crippen molar-refractivity contribution >= 4 is 42.2 Å². The van der Waals surface area contributed by atoms with E-state index >= 15 is 0 Å². The summed E-state index contributed by atoms with van der Waals surface area (Å²) in [6.45, 7) is 0.451. The summed E-state index contributed by atoms with van der Waals surface area (Å²) in [4.78, 5) is 58.5. The zero-order valence-corrected chi connectivity index (χ0v) is 15.9. The maximum absolute atomic E-state index is 12.3. The lowest BCUT2D eigenvalue weighted by molar-refractivity contribution is -0.145. The third-order valence-corrected chi connectivity index (χ3v) is 3.80. The Bertz CT molecular complexity index is 602. The molecule has 5 atom stereocenters. The van der Waals surface area contributed by atoms with Gasteiger partial charge in [0.1, 0.15) is 18.1 Å². The van der Waals surface area contributed by atoms with Crippen LogP contribution in [-0.2, 0) is 24.0 Å². The van der Waals surface area contributed by atoms with Crippen molar-refractivity contribution in [2.75, 3.05) is 12.4 Å². The molecule has 0 aromatic rings.